The van der Waals surface area contributed by atoms with Gasteiger partial charge in [0, 0.05) is 17.7 Å². The Kier molecular flexibility index (Phi) is 5.59. The number of ketones is 1. The Bertz CT molecular complexity index is 799. The fourth-order valence-electron chi connectivity index (χ4n) is 3.42. The molecule has 1 aromatic rings. The van der Waals surface area contributed by atoms with Crippen LogP contribution in [0.1, 0.15) is 58.9 Å². The second-order valence-corrected chi connectivity index (χ2v) is 8.75. The fourth-order valence-corrected chi connectivity index (χ4v) is 3.42. The molecule has 0 radical (unpaired) electrons. The van der Waals surface area contributed by atoms with Crippen LogP contribution in [0.3, 0.4) is 0 Å². The van der Waals surface area contributed by atoms with Gasteiger partial charge in [-0.15, -0.1) is 0 Å². The summed E-state index contributed by atoms with van der Waals surface area (Å²) in [4.78, 5) is 29.5. The molecular weight excluding hydrogens is 356 g/mol. The van der Waals surface area contributed by atoms with Crippen LogP contribution >= 0.6 is 0 Å². The number of nitrogens with one attached hydrogen (secondary N) is 1. The van der Waals surface area contributed by atoms with Crippen molar-refractivity contribution in [1.82, 2.24) is 5.32 Å². The van der Waals surface area contributed by atoms with E-state index in [1.807, 2.05) is 30.3 Å². The van der Waals surface area contributed by atoms with Crippen molar-refractivity contribution in [3.63, 3.8) is 0 Å². The molecule has 150 valence electrons. The standard InChI is InChI=1S/C22H28N2O4/c1-21(2)12-10-16(11-13-21)23-20(26)28-24-19(15-8-6-5-7-9-15)17-14-18(25)22(3,4)27-17/h5-9,14,16H,10-13H2,1-4H3,(H,23,26). The van der Waals surface area contributed by atoms with Crippen molar-refractivity contribution in [2.45, 2.75) is 65.0 Å². The molecule has 0 atom stereocenters. The number of hydrogen-bond acceptors (Lipinski definition) is 5. The number of rotatable bonds is 4. The quantitative estimate of drug-likeness (QED) is 0.476. The van der Waals surface area contributed by atoms with Gasteiger partial charge < -0.3 is 10.1 Å². The number of nitrogens with zero attached hydrogens (tertiary/aromatic N) is 1. The first-order chi connectivity index (χ1) is 13.2. The van der Waals surface area contributed by atoms with E-state index in [-0.39, 0.29) is 11.8 Å². The van der Waals surface area contributed by atoms with Crippen LogP contribution in [0.4, 0.5) is 4.79 Å². The third-order valence-corrected chi connectivity index (χ3v) is 5.38. The summed E-state index contributed by atoms with van der Waals surface area (Å²) in [5, 5.41) is 6.91. The molecule has 0 spiro atoms. The second-order valence-electron chi connectivity index (χ2n) is 8.75. The summed E-state index contributed by atoms with van der Waals surface area (Å²) in [6.07, 6.45) is 4.78. The molecule has 0 bridgehead atoms. The summed E-state index contributed by atoms with van der Waals surface area (Å²) in [7, 11) is 0. The molecule has 1 amide bonds. The third kappa shape index (κ3) is 4.80. The van der Waals surface area contributed by atoms with Crippen LogP contribution in [0.5, 0.6) is 0 Å². The van der Waals surface area contributed by atoms with Crippen molar-refractivity contribution in [2.24, 2.45) is 10.6 Å². The molecule has 6 heteroatoms. The Morgan fingerprint density at radius 3 is 2.36 bits per heavy atom. The van der Waals surface area contributed by atoms with Gasteiger partial charge in [0.05, 0.1) is 0 Å². The van der Waals surface area contributed by atoms with E-state index in [2.05, 4.69) is 24.3 Å². The summed E-state index contributed by atoms with van der Waals surface area (Å²) >= 11 is 0. The van der Waals surface area contributed by atoms with Crippen molar-refractivity contribution < 1.29 is 19.2 Å². The molecule has 1 N–H and O–H groups in total. The largest absolute Gasteiger partial charge is 0.477 e. The maximum absolute atomic E-state index is 12.2. The fraction of sp³-hybridized carbons (Fsp3) is 0.500. The molecule has 1 saturated carbocycles. The van der Waals surface area contributed by atoms with E-state index in [9.17, 15) is 9.59 Å². The average Bonchev–Trinajstić information content (AvgIpc) is 2.90. The van der Waals surface area contributed by atoms with E-state index >= 15 is 0 Å². The number of benzene rings is 1. The van der Waals surface area contributed by atoms with Crippen LogP contribution in [-0.4, -0.2) is 29.2 Å². The summed E-state index contributed by atoms with van der Waals surface area (Å²) < 4.78 is 5.75. The van der Waals surface area contributed by atoms with Gasteiger partial charge >= 0.3 is 6.09 Å². The van der Waals surface area contributed by atoms with E-state index in [1.54, 1.807) is 13.8 Å². The zero-order chi connectivity index (χ0) is 20.4. The first-order valence-electron chi connectivity index (χ1n) is 9.73. The van der Waals surface area contributed by atoms with Gasteiger partial charge in [-0.1, -0.05) is 49.3 Å². The van der Waals surface area contributed by atoms with Gasteiger partial charge in [0.1, 0.15) is 0 Å². The van der Waals surface area contributed by atoms with Crippen molar-refractivity contribution in [3.8, 4) is 0 Å². The SMILES string of the molecule is CC1(C)CCC(NC(=O)ON=C(C2=CC(=O)C(C)(C)O2)c2ccccc2)CC1. The number of ether oxygens (including phenoxy) is 1. The molecule has 0 aromatic heterocycles. The molecule has 1 aromatic carbocycles. The van der Waals surface area contributed by atoms with Crippen molar-refractivity contribution in [1.29, 1.82) is 0 Å². The van der Waals surface area contributed by atoms with Crippen LogP contribution < -0.4 is 5.32 Å². The van der Waals surface area contributed by atoms with Crippen LogP contribution in [0, 0.1) is 5.41 Å². The summed E-state index contributed by atoms with van der Waals surface area (Å²) in [6.45, 7) is 7.88. The molecule has 6 nitrogen and oxygen atoms in total. The van der Waals surface area contributed by atoms with Gasteiger partial charge in [0.15, 0.2) is 17.1 Å². The molecule has 3 rings (SSSR count). The lowest BCUT2D eigenvalue weighted by atomic mass is 9.76. The Morgan fingerprint density at radius 1 is 1.14 bits per heavy atom. The molecule has 1 heterocycles. The van der Waals surface area contributed by atoms with Gasteiger partial charge in [-0.05, 0) is 44.9 Å². The van der Waals surface area contributed by atoms with Crippen molar-refractivity contribution in [3.05, 3.63) is 47.7 Å². The Hall–Kier alpha value is -2.63. The predicted octanol–water partition coefficient (Wildman–Crippen LogP) is 4.35. The summed E-state index contributed by atoms with van der Waals surface area (Å²) in [5.74, 6) is 0.147. The zero-order valence-electron chi connectivity index (χ0n) is 17.0. The number of carbonyl (C=O) groups excluding carboxylic acids is 2. The Balaban J connectivity index is 1.71. The first-order valence-corrected chi connectivity index (χ1v) is 9.73. The van der Waals surface area contributed by atoms with Crippen LogP contribution in [0.2, 0.25) is 0 Å². The van der Waals surface area contributed by atoms with Gasteiger partial charge in [-0.25, -0.2) is 4.79 Å². The van der Waals surface area contributed by atoms with Crippen LogP contribution in [0.25, 0.3) is 0 Å². The molecule has 28 heavy (non-hydrogen) atoms. The highest BCUT2D eigenvalue weighted by molar-refractivity contribution is 6.16. The van der Waals surface area contributed by atoms with E-state index in [4.69, 9.17) is 9.57 Å². The molecular formula is C22H28N2O4. The van der Waals surface area contributed by atoms with Gasteiger partial charge in [-0.3, -0.25) is 9.63 Å². The first kappa shape index (κ1) is 20.1. The monoisotopic (exact) mass is 384 g/mol. The lowest BCUT2D eigenvalue weighted by Crippen LogP contribution is -2.39. The highest BCUT2D eigenvalue weighted by Crippen LogP contribution is 2.35. The predicted molar refractivity (Wildman–Crippen MR) is 107 cm³/mol. The van der Waals surface area contributed by atoms with E-state index < -0.39 is 11.7 Å². The third-order valence-electron chi connectivity index (χ3n) is 5.38. The van der Waals surface area contributed by atoms with E-state index in [0.717, 1.165) is 25.7 Å². The topological polar surface area (TPSA) is 77.0 Å². The van der Waals surface area contributed by atoms with Crippen molar-refractivity contribution in [2.75, 3.05) is 0 Å². The van der Waals surface area contributed by atoms with Crippen LogP contribution in [-0.2, 0) is 14.4 Å². The summed E-state index contributed by atoms with van der Waals surface area (Å²) in [6, 6.07) is 9.30. The molecule has 1 aliphatic carbocycles. The lowest BCUT2D eigenvalue weighted by molar-refractivity contribution is -0.126. The van der Waals surface area contributed by atoms with E-state index in [1.165, 1.54) is 6.08 Å². The van der Waals surface area contributed by atoms with Gasteiger partial charge in [-0.2, -0.15) is 0 Å². The number of carbonyl (C=O) groups is 2. The summed E-state index contributed by atoms with van der Waals surface area (Å²) in [5.41, 5.74) is 0.389. The van der Waals surface area contributed by atoms with Gasteiger partial charge in [0.2, 0.25) is 5.78 Å². The molecule has 2 aliphatic rings. The number of amides is 1. The molecule has 1 fully saturated rings. The average molecular weight is 384 g/mol. The number of oxime groups is 1. The highest BCUT2D eigenvalue weighted by Gasteiger charge is 2.37. The number of allylic oxidation sites excluding steroid dienone is 1. The smallest absolute Gasteiger partial charge is 0.433 e. The Morgan fingerprint density at radius 2 is 1.79 bits per heavy atom. The van der Waals surface area contributed by atoms with E-state index in [0.29, 0.717) is 22.4 Å². The maximum Gasteiger partial charge on any atom is 0.433 e. The highest BCUT2D eigenvalue weighted by atomic mass is 16.7. The normalized spacial score (nSPS) is 21.6. The molecule has 0 unspecified atom stereocenters. The Labute approximate surface area is 166 Å². The van der Waals surface area contributed by atoms with Gasteiger partial charge in [0.25, 0.3) is 0 Å². The van der Waals surface area contributed by atoms with Crippen molar-refractivity contribution >= 4 is 17.6 Å². The second kappa shape index (κ2) is 7.78. The zero-order valence-corrected chi connectivity index (χ0v) is 17.0. The number of hydrogen-bond donors (Lipinski definition) is 1. The minimum absolute atomic E-state index is 0.0957. The molecule has 1 aliphatic heterocycles. The maximum atomic E-state index is 12.2. The minimum atomic E-state index is -0.956. The minimum Gasteiger partial charge on any atom is -0.477 e. The van der Waals surface area contributed by atoms with Crippen LogP contribution in [0.15, 0.2) is 47.3 Å². The lowest BCUT2D eigenvalue weighted by Gasteiger charge is -2.34. The molecule has 0 saturated heterocycles.